The Morgan fingerprint density at radius 3 is 1.77 bits per heavy atom. The molecule has 0 amide bonds. The van der Waals surface area contributed by atoms with Gasteiger partial charge in [-0.1, -0.05) is 60.7 Å². The molecule has 0 aliphatic heterocycles. The van der Waals surface area contributed by atoms with Crippen molar-refractivity contribution >= 4 is 5.97 Å². The first-order chi connectivity index (χ1) is 10.6. The third kappa shape index (κ3) is 4.40. The summed E-state index contributed by atoms with van der Waals surface area (Å²) in [4.78, 5) is 12.8. The van der Waals surface area contributed by atoms with Gasteiger partial charge in [-0.2, -0.15) is 0 Å². The fraction of sp³-hybridized carbons (Fsp3) is 0.278. The van der Waals surface area contributed by atoms with Gasteiger partial charge in [-0.25, -0.2) is 9.18 Å². The molecule has 0 radical (unpaired) electrons. The third-order valence-corrected chi connectivity index (χ3v) is 3.69. The Morgan fingerprint density at radius 1 is 1.00 bits per heavy atom. The number of nitrogens with zero attached hydrogens (tertiary/aromatic N) is 1. The number of carbonyl (C=O) groups is 1. The van der Waals surface area contributed by atoms with Gasteiger partial charge in [-0.05, 0) is 18.1 Å². The lowest BCUT2D eigenvalue weighted by Gasteiger charge is -2.30. The molecule has 0 aliphatic carbocycles. The molecule has 0 spiro atoms. The monoisotopic (exact) mass is 301 g/mol. The SMILES string of the molecule is C[C@@H]([C@@H](F)C(=O)O)N(Cc1ccccc1)Cc1ccccc1. The minimum atomic E-state index is -1.91. The Labute approximate surface area is 130 Å². The predicted octanol–water partition coefficient (Wildman–Crippen LogP) is 3.50. The summed E-state index contributed by atoms with van der Waals surface area (Å²) in [6.07, 6.45) is -1.91. The van der Waals surface area contributed by atoms with E-state index in [0.717, 1.165) is 11.1 Å². The second kappa shape index (κ2) is 7.71. The van der Waals surface area contributed by atoms with Crippen LogP contribution in [-0.2, 0) is 17.9 Å². The van der Waals surface area contributed by atoms with Crippen LogP contribution in [0.2, 0.25) is 0 Å². The van der Waals surface area contributed by atoms with Gasteiger partial charge in [0.2, 0.25) is 6.17 Å². The van der Waals surface area contributed by atoms with E-state index in [1.807, 2.05) is 65.6 Å². The zero-order valence-electron chi connectivity index (χ0n) is 12.5. The minimum absolute atomic E-state index is 0.505. The Balaban J connectivity index is 2.18. The van der Waals surface area contributed by atoms with Gasteiger partial charge in [-0.3, -0.25) is 4.90 Å². The number of carboxylic acids is 1. The van der Waals surface area contributed by atoms with Crippen molar-refractivity contribution in [2.45, 2.75) is 32.2 Å². The molecule has 2 atom stereocenters. The molecule has 3 nitrogen and oxygen atoms in total. The zero-order valence-corrected chi connectivity index (χ0v) is 12.5. The van der Waals surface area contributed by atoms with Crippen LogP contribution in [0.25, 0.3) is 0 Å². The summed E-state index contributed by atoms with van der Waals surface area (Å²) in [5.41, 5.74) is 2.06. The molecule has 0 unspecified atom stereocenters. The summed E-state index contributed by atoms with van der Waals surface area (Å²) in [5.74, 6) is -1.42. The fourth-order valence-corrected chi connectivity index (χ4v) is 2.37. The summed E-state index contributed by atoms with van der Waals surface area (Å²) in [6.45, 7) is 2.62. The summed E-state index contributed by atoms with van der Waals surface area (Å²) in [7, 11) is 0. The zero-order chi connectivity index (χ0) is 15.9. The number of benzene rings is 2. The quantitative estimate of drug-likeness (QED) is 0.851. The summed E-state index contributed by atoms with van der Waals surface area (Å²) < 4.78 is 13.9. The van der Waals surface area contributed by atoms with Gasteiger partial charge < -0.3 is 5.11 Å². The van der Waals surface area contributed by atoms with Crippen LogP contribution >= 0.6 is 0 Å². The van der Waals surface area contributed by atoms with Crippen molar-refractivity contribution in [2.24, 2.45) is 0 Å². The average Bonchev–Trinajstić information content (AvgIpc) is 2.54. The Kier molecular flexibility index (Phi) is 5.67. The van der Waals surface area contributed by atoms with E-state index in [1.165, 1.54) is 0 Å². The number of rotatable bonds is 7. The lowest BCUT2D eigenvalue weighted by molar-refractivity contribution is -0.145. The molecule has 116 valence electrons. The largest absolute Gasteiger partial charge is 0.479 e. The number of aliphatic carboxylic acids is 1. The molecule has 0 saturated carbocycles. The van der Waals surface area contributed by atoms with Crippen molar-refractivity contribution < 1.29 is 14.3 Å². The molecular weight excluding hydrogens is 281 g/mol. The first-order valence-electron chi connectivity index (χ1n) is 7.26. The van der Waals surface area contributed by atoms with Crippen LogP contribution in [0.5, 0.6) is 0 Å². The van der Waals surface area contributed by atoms with Gasteiger partial charge in [0.1, 0.15) is 0 Å². The number of carboxylic acid groups (broad SMARTS) is 1. The second-order valence-corrected chi connectivity index (χ2v) is 5.36. The van der Waals surface area contributed by atoms with Crippen LogP contribution in [0.4, 0.5) is 4.39 Å². The van der Waals surface area contributed by atoms with Gasteiger partial charge in [-0.15, -0.1) is 0 Å². The first kappa shape index (κ1) is 16.2. The average molecular weight is 301 g/mol. The highest BCUT2D eigenvalue weighted by molar-refractivity contribution is 5.73. The number of hydrogen-bond donors (Lipinski definition) is 1. The van der Waals surface area contributed by atoms with Crippen LogP contribution in [0.1, 0.15) is 18.1 Å². The maximum absolute atomic E-state index is 13.9. The molecule has 1 N–H and O–H groups in total. The normalized spacial score (nSPS) is 13.8. The van der Waals surface area contributed by atoms with Crippen molar-refractivity contribution in [3.8, 4) is 0 Å². The van der Waals surface area contributed by atoms with Crippen LogP contribution in [0, 0.1) is 0 Å². The maximum atomic E-state index is 13.9. The van der Waals surface area contributed by atoms with Crippen LogP contribution in [0.3, 0.4) is 0 Å². The topological polar surface area (TPSA) is 40.5 Å². The molecule has 0 fully saturated rings. The number of hydrogen-bond acceptors (Lipinski definition) is 2. The van der Waals surface area contributed by atoms with Gasteiger partial charge in [0.25, 0.3) is 0 Å². The lowest BCUT2D eigenvalue weighted by Crippen LogP contribution is -2.42. The van der Waals surface area contributed by atoms with Gasteiger partial charge >= 0.3 is 5.97 Å². The van der Waals surface area contributed by atoms with E-state index in [0.29, 0.717) is 13.1 Å². The van der Waals surface area contributed by atoms with Gasteiger partial charge in [0, 0.05) is 19.1 Å². The van der Waals surface area contributed by atoms with Crippen molar-refractivity contribution in [3.63, 3.8) is 0 Å². The molecule has 0 aliphatic rings. The molecule has 22 heavy (non-hydrogen) atoms. The molecule has 0 aromatic heterocycles. The molecular formula is C18H20FNO2. The molecule has 2 aromatic carbocycles. The van der Waals surface area contributed by atoms with E-state index in [4.69, 9.17) is 5.11 Å². The van der Waals surface area contributed by atoms with Crippen LogP contribution in [0.15, 0.2) is 60.7 Å². The molecule has 0 bridgehead atoms. The van der Waals surface area contributed by atoms with E-state index in [2.05, 4.69) is 0 Å². The van der Waals surface area contributed by atoms with Gasteiger partial charge in [0.15, 0.2) is 0 Å². The second-order valence-electron chi connectivity index (χ2n) is 5.36. The first-order valence-corrected chi connectivity index (χ1v) is 7.26. The maximum Gasteiger partial charge on any atom is 0.339 e. The summed E-state index contributed by atoms with van der Waals surface area (Å²) >= 11 is 0. The smallest absolute Gasteiger partial charge is 0.339 e. The van der Waals surface area contributed by atoms with E-state index in [9.17, 15) is 9.18 Å². The van der Waals surface area contributed by atoms with E-state index >= 15 is 0 Å². The number of halogens is 1. The standard InChI is InChI=1S/C18H20FNO2/c1-14(17(19)18(21)22)20(12-15-8-4-2-5-9-15)13-16-10-6-3-7-11-16/h2-11,14,17H,12-13H2,1H3,(H,21,22)/t14-,17+/m0/s1. The van der Waals surface area contributed by atoms with Crippen molar-refractivity contribution in [1.82, 2.24) is 4.90 Å². The highest BCUT2D eigenvalue weighted by Gasteiger charge is 2.29. The highest BCUT2D eigenvalue weighted by Crippen LogP contribution is 2.17. The highest BCUT2D eigenvalue weighted by atomic mass is 19.1. The molecule has 4 heteroatoms. The number of alkyl halides is 1. The predicted molar refractivity (Wildman–Crippen MR) is 84.1 cm³/mol. The molecule has 0 heterocycles. The fourth-order valence-electron chi connectivity index (χ4n) is 2.37. The molecule has 2 rings (SSSR count). The Bertz CT molecular complexity index is 547. The van der Waals surface area contributed by atoms with E-state index < -0.39 is 18.2 Å². The van der Waals surface area contributed by atoms with Crippen molar-refractivity contribution in [3.05, 3.63) is 71.8 Å². The van der Waals surface area contributed by atoms with Crippen LogP contribution < -0.4 is 0 Å². The third-order valence-electron chi connectivity index (χ3n) is 3.69. The Morgan fingerprint density at radius 2 is 1.41 bits per heavy atom. The molecule has 0 saturated heterocycles. The van der Waals surface area contributed by atoms with Crippen LogP contribution in [-0.4, -0.2) is 28.2 Å². The van der Waals surface area contributed by atoms with Crippen molar-refractivity contribution in [1.29, 1.82) is 0 Å². The molecule has 2 aromatic rings. The van der Waals surface area contributed by atoms with Crippen molar-refractivity contribution in [2.75, 3.05) is 0 Å². The Hall–Kier alpha value is -2.20. The van der Waals surface area contributed by atoms with E-state index in [-0.39, 0.29) is 0 Å². The van der Waals surface area contributed by atoms with E-state index in [1.54, 1.807) is 6.92 Å². The van der Waals surface area contributed by atoms with Gasteiger partial charge in [0.05, 0.1) is 0 Å². The lowest BCUT2D eigenvalue weighted by atomic mass is 10.1. The minimum Gasteiger partial charge on any atom is -0.479 e. The summed E-state index contributed by atoms with van der Waals surface area (Å²) in [5, 5.41) is 8.93. The summed E-state index contributed by atoms with van der Waals surface area (Å²) in [6, 6.07) is 18.6.